The largest absolute Gasteiger partial charge is 0.480 e. The second-order valence-corrected chi connectivity index (χ2v) is 6.61. The van der Waals surface area contributed by atoms with Gasteiger partial charge in [-0.1, -0.05) is 30.3 Å². The lowest BCUT2D eigenvalue weighted by Gasteiger charge is -2.35. The number of hydrogen-bond acceptors (Lipinski definition) is 7. The van der Waals surface area contributed by atoms with Gasteiger partial charge in [0.25, 0.3) is 0 Å². The van der Waals surface area contributed by atoms with Gasteiger partial charge in [-0.3, -0.25) is 4.98 Å². The summed E-state index contributed by atoms with van der Waals surface area (Å²) < 4.78 is 5.16. The maximum atomic E-state index is 5.16. The van der Waals surface area contributed by atoms with Crippen LogP contribution in [0.2, 0.25) is 0 Å². The van der Waals surface area contributed by atoms with E-state index >= 15 is 0 Å². The summed E-state index contributed by atoms with van der Waals surface area (Å²) in [7, 11) is 1.61. The normalized spacial score (nSPS) is 14.6. The van der Waals surface area contributed by atoms with Crippen molar-refractivity contribution in [2.75, 3.05) is 43.1 Å². The van der Waals surface area contributed by atoms with Crippen LogP contribution in [0.25, 0.3) is 11.3 Å². The number of nitrogens with zero attached hydrogens (tertiary/aromatic N) is 5. The van der Waals surface area contributed by atoms with Crippen molar-refractivity contribution >= 4 is 22.3 Å². The third kappa shape index (κ3) is 3.41. The number of anilines is 2. The number of hydrogen-bond donors (Lipinski definition) is 0. The second kappa shape index (κ2) is 7.06. The maximum Gasteiger partial charge on any atom is 0.233 e. The second-order valence-electron chi connectivity index (χ2n) is 5.78. The molecule has 0 unspecified atom stereocenters. The average Bonchev–Trinajstić information content (AvgIpc) is 3.19. The summed E-state index contributed by atoms with van der Waals surface area (Å²) in [5.74, 6) is 1.41. The van der Waals surface area contributed by atoms with E-state index in [-0.39, 0.29) is 0 Å². The smallest absolute Gasteiger partial charge is 0.233 e. The summed E-state index contributed by atoms with van der Waals surface area (Å²) >= 11 is 1.70. The fourth-order valence-corrected chi connectivity index (χ4v) is 3.76. The van der Waals surface area contributed by atoms with Gasteiger partial charge >= 0.3 is 0 Å². The quantitative estimate of drug-likeness (QED) is 0.719. The number of thiazole rings is 1. The Morgan fingerprint density at radius 3 is 2.48 bits per heavy atom. The third-order valence-corrected chi connectivity index (χ3v) is 5.15. The van der Waals surface area contributed by atoms with E-state index in [9.17, 15) is 0 Å². The first kappa shape index (κ1) is 15.8. The van der Waals surface area contributed by atoms with Crippen molar-refractivity contribution in [2.24, 2.45) is 0 Å². The Bertz CT molecular complexity index is 830. The van der Waals surface area contributed by atoms with Crippen LogP contribution in [0.4, 0.5) is 10.9 Å². The molecule has 2 aromatic heterocycles. The Kier molecular flexibility index (Phi) is 4.47. The maximum absolute atomic E-state index is 5.16. The van der Waals surface area contributed by atoms with Crippen LogP contribution in [0.5, 0.6) is 5.88 Å². The number of aromatic nitrogens is 3. The Morgan fingerprint density at radius 1 is 0.960 bits per heavy atom. The lowest BCUT2D eigenvalue weighted by atomic mass is 10.2. The molecule has 4 rings (SSSR count). The molecule has 3 heterocycles. The van der Waals surface area contributed by atoms with Crippen molar-refractivity contribution in [1.29, 1.82) is 0 Å². The van der Waals surface area contributed by atoms with Crippen molar-refractivity contribution in [3.8, 4) is 17.1 Å². The van der Waals surface area contributed by atoms with Crippen LogP contribution in [0.15, 0.2) is 48.1 Å². The molecule has 0 radical (unpaired) electrons. The molecule has 1 aromatic carbocycles. The van der Waals surface area contributed by atoms with Gasteiger partial charge < -0.3 is 14.5 Å². The van der Waals surface area contributed by atoms with Gasteiger partial charge in [0, 0.05) is 37.1 Å². The van der Waals surface area contributed by atoms with Gasteiger partial charge in [0.1, 0.15) is 0 Å². The topological polar surface area (TPSA) is 54.4 Å². The van der Waals surface area contributed by atoms with Crippen LogP contribution in [0.1, 0.15) is 0 Å². The Labute approximate surface area is 150 Å². The molecule has 7 heteroatoms. The zero-order valence-electron chi connectivity index (χ0n) is 14.0. The van der Waals surface area contributed by atoms with E-state index in [1.54, 1.807) is 30.8 Å². The van der Waals surface area contributed by atoms with Crippen LogP contribution in [-0.4, -0.2) is 48.2 Å². The lowest BCUT2D eigenvalue weighted by Crippen LogP contribution is -2.46. The van der Waals surface area contributed by atoms with Gasteiger partial charge in [0.15, 0.2) is 10.9 Å². The van der Waals surface area contributed by atoms with Crippen molar-refractivity contribution in [1.82, 2.24) is 15.0 Å². The summed E-state index contributed by atoms with van der Waals surface area (Å²) in [5, 5.41) is 3.21. The Balaban J connectivity index is 1.43. The highest BCUT2D eigenvalue weighted by Gasteiger charge is 2.21. The highest BCUT2D eigenvalue weighted by atomic mass is 32.1. The number of benzene rings is 1. The molecule has 0 saturated carbocycles. The molecule has 0 N–H and O–H groups in total. The minimum absolute atomic E-state index is 0.548. The minimum atomic E-state index is 0.548. The molecule has 1 saturated heterocycles. The van der Waals surface area contributed by atoms with E-state index in [2.05, 4.69) is 37.3 Å². The number of piperazine rings is 1. The van der Waals surface area contributed by atoms with Gasteiger partial charge in [-0.25, -0.2) is 4.98 Å². The fourth-order valence-electron chi connectivity index (χ4n) is 2.87. The van der Waals surface area contributed by atoms with E-state index in [1.807, 2.05) is 18.2 Å². The van der Waals surface area contributed by atoms with Gasteiger partial charge in [-0.05, 0) is 0 Å². The summed E-state index contributed by atoms with van der Waals surface area (Å²) in [5.41, 5.74) is 2.21. The van der Waals surface area contributed by atoms with Gasteiger partial charge in [0.2, 0.25) is 5.88 Å². The van der Waals surface area contributed by atoms with E-state index in [0.717, 1.165) is 48.4 Å². The monoisotopic (exact) mass is 353 g/mol. The van der Waals surface area contributed by atoms with Crippen LogP contribution >= 0.6 is 11.3 Å². The molecule has 1 aliphatic rings. The van der Waals surface area contributed by atoms with Crippen molar-refractivity contribution in [3.63, 3.8) is 0 Å². The van der Waals surface area contributed by atoms with Crippen molar-refractivity contribution < 1.29 is 4.74 Å². The summed E-state index contributed by atoms with van der Waals surface area (Å²) in [6.07, 6.45) is 3.41. The molecule has 128 valence electrons. The molecule has 0 atom stereocenters. The number of rotatable bonds is 4. The van der Waals surface area contributed by atoms with Crippen LogP contribution in [0.3, 0.4) is 0 Å². The molecule has 1 fully saturated rings. The zero-order chi connectivity index (χ0) is 17.1. The minimum Gasteiger partial charge on any atom is -0.480 e. The molecular weight excluding hydrogens is 334 g/mol. The molecule has 25 heavy (non-hydrogen) atoms. The van der Waals surface area contributed by atoms with Crippen LogP contribution < -0.4 is 14.5 Å². The molecular formula is C18H19N5OS. The molecule has 1 aliphatic heterocycles. The molecule has 0 spiro atoms. The zero-order valence-corrected chi connectivity index (χ0v) is 14.8. The number of ether oxygens (including phenoxy) is 1. The molecule has 0 aliphatic carbocycles. The Morgan fingerprint density at radius 2 is 1.72 bits per heavy atom. The van der Waals surface area contributed by atoms with Gasteiger partial charge in [-0.2, -0.15) is 4.98 Å². The Hall–Kier alpha value is -2.67. The summed E-state index contributed by atoms with van der Waals surface area (Å²) in [6.45, 7) is 3.62. The van der Waals surface area contributed by atoms with Crippen molar-refractivity contribution in [3.05, 3.63) is 48.1 Å². The fraction of sp³-hybridized carbons (Fsp3) is 0.278. The predicted octanol–water partition coefficient (Wildman–Crippen LogP) is 2.94. The summed E-state index contributed by atoms with van der Waals surface area (Å²) in [4.78, 5) is 18.0. The first-order valence-corrected chi connectivity index (χ1v) is 9.08. The van der Waals surface area contributed by atoms with Crippen molar-refractivity contribution in [2.45, 2.75) is 0 Å². The van der Waals surface area contributed by atoms with Gasteiger partial charge in [-0.15, -0.1) is 11.3 Å². The van der Waals surface area contributed by atoms with E-state index in [0.29, 0.717) is 5.88 Å². The average molecular weight is 353 g/mol. The van der Waals surface area contributed by atoms with E-state index < -0.39 is 0 Å². The number of methoxy groups -OCH3 is 1. The van der Waals surface area contributed by atoms with E-state index in [1.165, 1.54) is 0 Å². The van der Waals surface area contributed by atoms with Crippen LogP contribution in [-0.2, 0) is 0 Å². The van der Waals surface area contributed by atoms with Crippen LogP contribution in [0, 0.1) is 0 Å². The highest BCUT2D eigenvalue weighted by Crippen LogP contribution is 2.28. The summed E-state index contributed by atoms with van der Waals surface area (Å²) in [6, 6.07) is 10.3. The molecule has 6 nitrogen and oxygen atoms in total. The predicted molar refractivity (Wildman–Crippen MR) is 101 cm³/mol. The highest BCUT2D eigenvalue weighted by molar-refractivity contribution is 7.14. The first-order valence-electron chi connectivity index (χ1n) is 8.20. The molecule has 0 bridgehead atoms. The standard InChI is InChI=1S/C18H19N5OS/c1-24-17-12-19-11-16(21-17)22-7-9-23(10-8-22)18-20-15(13-25-18)14-5-3-2-4-6-14/h2-6,11-13H,7-10H2,1H3. The van der Waals surface area contributed by atoms with E-state index in [4.69, 9.17) is 9.72 Å². The third-order valence-electron chi connectivity index (χ3n) is 4.24. The SMILES string of the molecule is COc1cncc(N2CCN(c3nc(-c4ccccc4)cs3)CC2)n1. The van der Waals surface area contributed by atoms with Gasteiger partial charge in [0.05, 0.1) is 25.2 Å². The first-order chi connectivity index (χ1) is 12.3. The molecule has 3 aromatic rings. The molecule has 0 amide bonds. The lowest BCUT2D eigenvalue weighted by molar-refractivity contribution is 0.395.